The van der Waals surface area contributed by atoms with Crippen LogP contribution in [-0.4, -0.2) is 67.8 Å². The molecule has 1 atom stereocenters. The molecule has 5 rings (SSSR count). The van der Waals surface area contributed by atoms with E-state index in [1.807, 2.05) is 24.3 Å². The van der Waals surface area contributed by atoms with Gasteiger partial charge in [0.1, 0.15) is 5.75 Å². The first-order valence-electron chi connectivity index (χ1n) is 11.8. The van der Waals surface area contributed by atoms with Crippen LogP contribution in [-0.2, 0) is 11.2 Å². The fraction of sp³-hybridized carbons (Fsp3) is 0.462. The second kappa shape index (κ2) is 9.43. The van der Waals surface area contributed by atoms with Crippen molar-refractivity contribution in [2.24, 2.45) is 11.0 Å². The number of nitrogens with zero attached hydrogens (tertiary/aromatic N) is 4. The van der Waals surface area contributed by atoms with Crippen LogP contribution in [0.2, 0.25) is 0 Å². The van der Waals surface area contributed by atoms with Crippen molar-refractivity contribution in [3.05, 3.63) is 59.7 Å². The Kier molecular flexibility index (Phi) is 6.23. The molecule has 1 saturated heterocycles. The van der Waals surface area contributed by atoms with Crippen LogP contribution in [0.4, 0.5) is 5.69 Å². The first-order chi connectivity index (χ1) is 15.7. The quantitative estimate of drug-likeness (QED) is 0.657. The lowest BCUT2D eigenvalue weighted by atomic mass is 9.79. The van der Waals surface area contributed by atoms with Crippen LogP contribution in [0.25, 0.3) is 0 Å². The summed E-state index contributed by atoms with van der Waals surface area (Å²) in [5, 5.41) is 6.38. The van der Waals surface area contributed by atoms with Crippen LogP contribution < -0.4 is 9.75 Å². The van der Waals surface area contributed by atoms with E-state index in [0.717, 1.165) is 69.1 Å². The van der Waals surface area contributed by atoms with Crippen molar-refractivity contribution >= 4 is 17.3 Å². The van der Waals surface area contributed by atoms with E-state index in [2.05, 4.69) is 41.1 Å². The average molecular weight is 433 g/mol. The lowest BCUT2D eigenvalue weighted by molar-refractivity contribution is -0.119. The smallest absolute Gasteiger partial charge is 0.248 e. The van der Waals surface area contributed by atoms with Gasteiger partial charge < -0.3 is 14.5 Å². The number of amides is 1. The van der Waals surface area contributed by atoms with Gasteiger partial charge in [0.25, 0.3) is 0 Å². The van der Waals surface area contributed by atoms with Gasteiger partial charge in [-0.15, -0.1) is 0 Å². The van der Waals surface area contributed by atoms with E-state index in [4.69, 9.17) is 9.84 Å². The Balaban J connectivity index is 1.20. The Labute approximate surface area is 190 Å². The highest BCUT2D eigenvalue weighted by Gasteiger charge is 2.34. The highest BCUT2D eigenvalue weighted by Crippen LogP contribution is 2.34. The summed E-state index contributed by atoms with van der Waals surface area (Å²) in [6.07, 6.45) is 3.56. The molecular formula is C26H32N4O2. The number of benzene rings is 2. The number of hydrogen-bond donors (Lipinski definition) is 0. The number of rotatable bonds is 6. The van der Waals surface area contributed by atoms with Gasteiger partial charge in [0.05, 0.1) is 18.0 Å². The maximum atomic E-state index is 12.8. The minimum absolute atomic E-state index is 0.0685. The third-order valence-corrected chi connectivity index (χ3v) is 6.87. The second-order valence-corrected chi connectivity index (χ2v) is 9.13. The second-order valence-electron chi connectivity index (χ2n) is 9.13. The van der Waals surface area contributed by atoms with Gasteiger partial charge in [-0.2, -0.15) is 5.10 Å². The SMILES string of the molecule is CN1CCN(CCCOc2ccc(N3N=C4c5ccccc5CCC4CC3=O)cc2)CC1. The molecule has 2 aromatic rings. The molecule has 6 heteroatoms. The zero-order valence-electron chi connectivity index (χ0n) is 18.9. The monoisotopic (exact) mass is 432 g/mol. The number of fused-ring (bicyclic) bond motifs is 3. The van der Waals surface area contributed by atoms with E-state index in [1.54, 1.807) is 5.01 Å². The summed E-state index contributed by atoms with van der Waals surface area (Å²) < 4.78 is 5.94. The van der Waals surface area contributed by atoms with Crippen molar-refractivity contribution in [3.63, 3.8) is 0 Å². The summed E-state index contributed by atoms with van der Waals surface area (Å²) in [5.74, 6) is 1.14. The molecule has 6 nitrogen and oxygen atoms in total. The Bertz CT molecular complexity index is 980. The molecular weight excluding hydrogens is 400 g/mol. The van der Waals surface area contributed by atoms with Crippen molar-refractivity contribution in [2.45, 2.75) is 25.7 Å². The van der Waals surface area contributed by atoms with Gasteiger partial charge in [0, 0.05) is 50.6 Å². The van der Waals surface area contributed by atoms with E-state index in [0.29, 0.717) is 13.0 Å². The lowest BCUT2D eigenvalue weighted by Gasteiger charge is -2.33. The third kappa shape index (κ3) is 4.57. The number of ether oxygens (including phenoxy) is 1. The Morgan fingerprint density at radius 2 is 1.81 bits per heavy atom. The number of piperazine rings is 1. The van der Waals surface area contributed by atoms with Crippen molar-refractivity contribution in [1.82, 2.24) is 9.80 Å². The topological polar surface area (TPSA) is 48.4 Å². The third-order valence-electron chi connectivity index (χ3n) is 6.87. The molecule has 3 aliphatic rings. The average Bonchev–Trinajstić information content (AvgIpc) is 2.83. The molecule has 1 fully saturated rings. The van der Waals surface area contributed by atoms with Crippen molar-refractivity contribution < 1.29 is 9.53 Å². The van der Waals surface area contributed by atoms with Crippen molar-refractivity contribution in [2.75, 3.05) is 51.4 Å². The van der Waals surface area contributed by atoms with Crippen LogP contribution >= 0.6 is 0 Å². The van der Waals surface area contributed by atoms with Gasteiger partial charge in [-0.05, 0) is 56.1 Å². The van der Waals surface area contributed by atoms with Gasteiger partial charge in [-0.25, -0.2) is 5.01 Å². The van der Waals surface area contributed by atoms with Crippen LogP contribution in [0.3, 0.4) is 0 Å². The normalized spacial score (nSPS) is 21.7. The van der Waals surface area contributed by atoms with Crippen LogP contribution in [0.15, 0.2) is 53.6 Å². The Morgan fingerprint density at radius 3 is 2.62 bits per heavy atom. The molecule has 32 heavy (non-hydrogen) atoms. The molecule has 168 valence electrons. The van der Waals surface area contributed by atoms with E-state index < -0.39 is 0 Å². The number of carbonyl (C=O) groups is 1. The highest BCUT2D eigenvalue weighted by molar-refractivity contribution is 6.11. The lowest BCUT2D eigenvalue weighted by Crippen LogP contribution is -2.44. The van der Waals surface area contributed by atoms with Crippen molar-refractivity contribution in [1.29, 1.82) is 0 Å². The van der Waals surface area contributed by atoms with Crippen LogP contribution in [0.5, 0.6) is 5.75 Å². The summed E-state index contributed by atoms with van der Waals surface area (Å²) in [6.45, 7) is 6.36. The number of likely N-dealkylation sites (N-methyl/N-ethyl adjacent to an activating group) is 1. The summed E-state index contributed by atoms with van der Waals surface area (Å²) in [6, 6.07) is 16.2. The van der Waals surface area contributed by atoms with Gasteiger partial charge in [-0.1, -0.05) is 24.3 Å². The standard InChI is InChI=1S/C26H32N4O2/c1-28-14-16-29(17-15-28)13-4-18-32-23-11-9-22(10-12-23)30-25(31)19-21-8-7-20-5-2-3-6-24(20)26(21)27-30/h2-3,5-6,9-12,21H,4,7-8,13-19H2,1H3. The largest absolute Gasteiger partial charge is 0.494 e. The predicted octanol–water partition coefficient (Wildman–Crippen LogP) is 3.41. The molecule has 1 amide bonds. The van der Waals surface area contributed by atoms with E-state index in [9.17, 15) is 4.79 Å². The fourth-order valence-electron chi connectivity index (χ4n) is 4.90. The number of carbonyl (C=O) groups excluding carboxylic acids is 1. The summed E-state index contributed by atoms with van der Waals surface area (Å²) in [5.41, 5.74) is 4.38. The van der Waals surface area contributed by atoms with Gasteiger partial charge >= 0.3 is 0 Å². The first kappa shape index (κ1) is 21.2. The predicted molar refractivity (Wildman–Crippen MR) is 127 cm³/mol. The fourth-order valence-corrected chi connectivity index (χ4v) is 4.90. The molecule has 0 aromatic heterocycles. The molecule has 2 heterocycles. The molecule has 2 aliphatic heterocycles. The van der Waals surface area contributed by atoms with Crippen molar-refractivity contribution in [3.8, 4) is 5.75 Å². The molecule has 1 aliphatic carbocycles. The maximum Gasteiger partial charge on any atom is 0.248 e. The molecule has 0 radical (unpaired) electrons. The molecule has 2 aromatic carbocycles. The van der Waals surface area contributed by atoms with Crippen LogP contribution in [0, 0.1) is 5.92 Å². The molecule has 0 N–H and O–H groups in total. The zero-order valence-corrected chi connectivity index (χ0v) is 18.9. The van der Waals surface area contributed by atoms with Gasteiger partial charge in [-0.3, -0.25) is 4.79 Å². The Morgan fingerprint density at radius 1 is 1.03 bits per heavy atom. The van der Waals surface area contributed by atoms with Gasteiger partial charge in [0.2, 0.25) is 5.91 Å². The molecule has 0 bridgehead atoms. The first-order valence-corrected chi connectivity index (χ1v) is 11.8. The number of aryl methyl sites for hydroxylation is 1. The zero-order chi connectivity index (χ0) is 21.9. The minimum Gasteiger partial charge on any atom is -0.494 e. The van der Waals surface area contributed by atoms with E-state index in [1.165, 1.54) is 11.1 Å². The molecule has 0 saturated carbocycles. The highest BCUT2D eigenvalue weighted by atomic mass is 16.5. The minimum atomic E-state index is 0.0685. The summed E-state index contributed by atoms with van der Waals surface area (Å²) >= 11 is 0. The number of hydrogen-bond acceptors (Lipinski definition) is 5. The molecule has 1 unspecified atom stereocenters. The number of hydrazone groups is 1. The number of anilines is 1. The van der Waals surface area contributed by atoms with Gasteiger partial charge in [0.15, 0.2) is 0 Å². The van der Waals surface area contributed by atoms with E-state index >= 15 is 0 Å². The molecule has 0 spiro atoms. The summed E-state index contributed by atoms with van der Waals surface area (Å²) in [4.78, 5) is 17.7. The maximum absolute atomic E-state index is 12.8. The summed E-state index contributed by atoms with van der Waals surface area (Å²) in [7, 11) is 2.18. The Hall–Kier alpha value is -2.70. The van der Waals surface area contributed by atoms with Crippen LogP contribution in [0.1, 0.15) is 30.4 Å². The van der Waals surface area contributed by atoms with E-state index in [-0.39, 0.29) is 11.8 Å².